The summed E-state index contributed by atoms with van der Waals surface area (Å²) in [5, 5.41) is 23.9. The van der Waals surface area contributed by atoms with Crippen LogP contribution in [0.1, 0.15) is 35.1 Å². The average molecular weight is 807 g/mol. The summed E-state index contributed by atoms with van der Waals surface area (Å²) in [6.45, 7) is 0.579. The normalized spacial score (nSPS) is 12.7. The Morgan fingerprint density at radius 3 is 2.03 bits per heavy atom. The molecule has 0 radical (unpaired) electrons. The van der Waals surface area contributed by atoms with Gasteiger partial charge in [-0.25, -0.2) is 0 Å². The van der Waals surface area contributed by atoms with Crippen LogP contribution in [-0.4, -0.2) is 82.0 Å². The molecule has 3 aromatic heterocycles. The third-order valence-electron chi connectivity index (χ3n) is 9.91. The molecule has 6 rings (SSSR count). The second-order valence-electron chi connectivity index (χ2n) is 14.0. The standard InChI is InChI=1S/C43H47ClN8O6/c1-58-32-9-11-36-34(23-32)28(24-48-36)14-18-47-41(55)37(20-27-12-16-46-17-13-27)51-42(56)38(19-26-4-6-30(44)7-5-26)52-43(57)39(50-40(54)3-2-15-45)21-29-25-49-35-10-8-31(53)22-33(29)35/h4-13,16-17,22-25,37-39,48-49,53H,2-3,14-15,18-21,45H2,1H3,(H,47,55)(H,50,54)(H,51,56)(H,52,57). The third kappa shape index (κ3) is 10.9. The number of aromatic hydroxyl groups is 1. The highest BCUT2D eigenvalue weighted by atomic mass is 35.5. The number of carbonyl (C=O) groups is 4. The number of hydrogen-bond acceptors (Lipinski definition) is 8. The number of phenolic OH excluding ortho intramolecular Hbond substituents is 1. The summed E-state index contributed by atoms with van der Waals surface area (Å²) >= 11 is 6.17. The number of methoxy groups -OCH3 is 1. The van der Waals surface area contributed by atoms with E-state index in [1.165, 1.54) is 0 Å². The van der Waals surface area contributed by atoms with Crippen molar-refractivity contribution in [1.82, 2.24) is 36.2 Å². The number of nitrogens with two attached hydrogens (primary N) is 1. The van der Waals surface area contributed by atoms with Crippen LogP contribution in [0.5, 0.6) is 11.5 Å². The minimum Gasteiger partial charge on any atom is -0.508 e. The highest BCUT2D eigenvalue weighted by Crippen LogP contribution is 2.25. The number of H-pyrrole nitrogens is 2. The fourth-order valence-electron chi connectivity index (χ4n) is 6.80. The van der Waals surface area contributed by atoms with E-state index in [1.807, 2.05) is 24.4 Å². The van der Waals surface area contributed by atoms with Crippen molar-refractivity contribution in [3.63, 3.8) is 0 Å². The van der Waals surface area contributed by atoms with Gasteiger partial charge in [-0.1, -0.05) is 23.7 Å². The molecule has 3 aromatic carbocycles. The second kappa shape index (κ2) is 19.7. The SMILES string of the molecule is COc1ccc2[nH]cc(CCNC(=O)C(Cc3ccncc3)NC(=O)C(Cc3ccc(Cl)cc3)NC(=O)C(Cc3c[nH]c4ccc(O)cc34)NC(=O)CCCN)c2c1. The quantitative estimate of drug-likeness (QED) is 0.0598. The van der Waals surface area contributed by atoms with E-state index in [2.05, 4.69) is 36.2 Å². The first kappa shape index (κ1) is 41.3. The second-order valence-corrected chi connectivity index (χ2v) is 14.5. The molecule has 0 saturated heterocycles. The summed E-state index contributed by atoms with van der Waals surface area (Å²) < 4.78 is 5.39. The maximum absolute atomic E-state index is 14.3. The summed E-state index contributed by atoms with van der Waals surface area (Å²) in [4.78, 5) is 65.9. The van der Waals surface area contributed by atoms with Crippen LogP contribution < -0.4 is 31.7 Å². The number of rotatable bonds is 19. The maximum Gasteiger partial charge on any atom is 0.243 e. The van der Waals surface area contributed by atoms with E-state index < -0.39 is 35.8 Å². The largest absolute Gasteiger partial charge is 0.508 e. The molecular weight excluding hydrogens is 760 g/mol. The van der Waals surface area contributed by atoms with Gasteiger partial charge in [0.1, 0.15) is 29.6 Å². The number of nitrogens with one attached hydrogen (secondary N) is 6. The number of fused-ring (bicyclic) bond motifs is 2. The van der Waals surface area contributed by atoms with E-state index in [0.717, 1.165) is 33.3 Å². The van der Waals surface area contributed by atoms with E-state index in [9.17, 15) is 24.3 Å². The monoisotopic (exact) mass is 806 g/mol. The lowest BCUT2D eigenvalue weighted by Gasteiger charge is -2.26. The number of amides is 4. The van der Waals surface area contributed by atoms with Crippen LogP contribution in [0.25, 0.3) is 21.8 Å². The van der Waals surface area contributed by atoms with Gasteiger partial charge in [-0.2, -0.15) is 0 Å². The fraction of sp³-hybridized carbons (Fsp3) is 0.279. The van der Waals surface area contributed by atoms with E-state index in [4.69, 9.17) is 22.1 Å². The van der Waals surface area contributed by atoms with Crippen molar-refractivity contribution in [2.45, 2.75) is 56.7 Å². The van der Waals surface area contributed by atoms with Crippen LogP contribution in [0.15, 0.2) is 97.6 Å². The van der Waals surface area contributed by atoms with Gasteiger partial charge in [-0.05, 0) is 102 Å². The molecule has 0 spiro atoms. The third-order valence-corrected chi connectivity index (χ3v) is 10.2. The van der Waals surface area contributed by atoms with Crippen LogP contribution in [-0.2, 0) is 44.9 Å². The summed E-state index contributed by atoms with van der Waals surface area (Å²) in [6, 6.07) is 17.7. The van der Waals surface area contributed by atoms with Gasteiger partial charge >= 0.3 is 0 Å². The van der Waals surface area contributed by atoms with Crippen LogP contribution >= 0.6 is 11.6 Å². The molecule has 15 heteroatoms. The zero-order valence-electron chi connectivity index (χ0n) is 32.0. The lowest BCUT2D eigenvalue weighted by Crippen LogP contribution is -2.58. The first-order valence-corrected chi connectivity index (χ1v) is 19.4. The predicted octanol–water partition coefficient (Wildman–Crippen LogP) is 3.99. The van der Waals surface area contributed by atoms with Crippen molar-refractivity contribution >= 4 is 57.0 Å². The Morgan fingerprint density at radius 1 is 0.759 bits per heavy atom. The Hall–Kier alpha value is -6.38. The Labute approximate surface area is 340 Å². The number of pyridine rings is 1. The molecule has 6 aromatic rings. The number of hydrogen-bond donors (Lipinski definition) is 8. The first-order chi connectivity index (χ1) is 28.1. The van der Waals surface area contributed by atoms with Crippen molar-refractivity contribution < 1.29 is 29.0 Å². The van der Waals surface area contributed by atoms with E-state index >= 15 is 0 Å². The van der Waals surface area contributed by atoms with Crippen LogP contribution in [0, 0.1) is 0 Å². The summed E-state index contributed by atoms with van der Waals surface area (Å²) in [6.07, 6.45) is 8.11. The van der Waals surface area contributed by atoms with Crippen molar-refractivity contribution in [2.24, 2.45) is 5.73 Å². The molecule has 3 unspecified atom stereocenters. The van der Waals surface area contributed by atoms with Crippen LogP contribution in [0.2, 0.25) is 5.02 Å². The van der Waals surface area contributed by atoms with Crippen molar-refractivity contribution in [3.8, 4) is 11.5 Å². The lowest BCUT2D eigenvalue weighted by molar-refractivity contribution is -0.133. The first-order valence-electron chi connectivity index (χ1n) is 19.0. The van der Waals surface area contributed by atoms with Gasteiger partial charge in [0.2, 0.25) is 23.6 Å². The Morgan fingerprint density at radius 2 is 1.36 bits per heavy atom. The molecule has 3 heterocycles. The number of benzene rings is 3. The zero-order chi connectivity index (χ0) is 41.0. The smallest absolute Gasteiger partial charge is 0.243 e. The topological polar surface area (TPSA) is 216 Å². The molecule has 0 aliphatic carbocycles. The molecule has 4 amide bonds. The Kier molecular flexibility index (Phi) is 14.0. The summed E-state index contributed by atoms with van der Waals surface area (Å²) in [7, 11) is 1.61. The van der Waals surface area contributed by atoms with Crippen molar-refractivity contribution in [1.29, 1.82) is 0 Å². The van der Waals surface area contributed by atoms with Gasteiger partial charge in [-0.15, -0.1) is 0 Å². The van der Waals surface area contributed by atoms with Gasteiger partial charge in [0, 0.05) is 83.8 Å². The van der Waals surface area contributed by atoms with Gasteiger partial charge in [-0.3, -0.25) is 24.2 Å². The molecule has 0 aliphatic rings. The predicted molar refractivity (Wildman–Crippen MR) is 222 cm³/mol. The van der Waals surface area contributed by atoms with Crippen LogP contribution in [0.4, 0.5) is 0 Å². The number of phenols is 1. The summed E-state index contributed by atoms with van der Waals surface area (Å²) in [5.41, 5.74) is 10.5. The lowest BCUT2D eigenvalue weighted by atomic mass is 10.0. The number of aromatic nitrogens is 3. The van der Waals surface area contributed by atoms with Crippen molar-refractivity contribution in [3.05, 3.63) is 125 Å². The van der Waals surface area contributed by atoms with Gasteiger partial charge in [0.15, 0.2) is 0 Å². The number of carbonyl (C=O) groups excluding carboxylic acids is 4. The molecule has 0 bridgehead atoms. The van der Waals surface area contributed by atoms with Gasteiger partial charge in [0.25, 0.3) is 0 Å². The van der Waals surface area contributed by atoms with E-state index in [-0.39, 0.29) is 43.9 Å². The molecule has 14 nitrogen and oxygen atoms in total. The molecule has 0 saturated carbocycles. The Bertz CT molecular complexity index is 2350. The molecule has 0 aliphatic heterocycles. The van der Waals surface area contributed by atoms with Gasteiger partial charge in [0.05, 0.1) is 7.11 Å². The molecule has 3 atom stereocenters. The molecule has 0 fully saturated rings. The molecule has 302 valence electrons. The minimum atomic E-state index is -1.17. The van der Waals surface area contributed by atoms with Crippen molar-refractivity contribution in [2.75, 3.05) is 20.2 Å². The summed E-state index contributed by atoms with van der Waals surface area (Å²) in [5.74, 6) is -1.25. The maximum atomic E-state index is 14.3. The van der Waals surface area contributed by atoms with E-state index in [1.54, 1.807) is 80.3 Å². The molecule has 58 heavy (non-hydrogen) atoms. The highest BCUT2D eigenvalue weighted by Gasteiger charge is 2.31. The van der Waals surface area contributed by atoms with E-state index in [0.29, 0.717) is 40.9 Å². The fourth-order valence-corrected chi connectivity index (χ4v) is 6.93. The average Bonchev–Trinajstić information content (AvgIpc) is 3.82. The zero-order valence-corrected chi connectivity index (χ0v) is 32.8. The van der Waals surface area contributed by atoms with Gasteiger partial charge < -0.3 is 46.8 Å². The van der Waals surface area contributed by atoms with Crippen LogP contribution in [0.3, 0.4) is 0 Å². The molecular formula is C43H47ClN8O6. The minimum absolute atomic E-state index is 0.0463. The highest BCUT2D eigenvalue weighted by molar-refractivity contribution is 6.30. The number of aromatic amines is 2. The number of ether oxygens (including phenoxy) is 1. The number of nitrogens with zero attached hydrogens (tertiary/aromatic N) is 1. The number of halogens is 1. The Balaban J connectivity index is 1.23. The molecule has 9 N–H and O–H groups in total.